The van der Waals surface area contributed by atoms with Crippen molar-refractivity contribution in [1.82, 2.24) is 0 Å². The van der Waals surface area contributed by atoms with Crippen molar-refractivity contribution in [3.05, 3.63) is 14.9 Å². The Morgan fingerprint density at radius 3 is 1.69 bits per heavy atom. The summed E-state index contributed by atoms with van der Waals surface area (Å²) in [5, 5.41) is 0. The molecule has 4 fully saturated rings. The molecule has 35 heavy (non-hydrogen) atoms. The Morgan fingerprint density at radius 2 is 1.17 bits per heavy atom. The van der Waals surface area contributed by atoms with E-state index in [1.807, 2.05) is 0 Å². The number of hydrogen-bond acceptors (Lipinski definition) is 0. The van der Waals surface area contributed by atoms with Gasteiger partial charge in [-0.25, -0.2) is 0 Å². The van der Waals surface area contributed by atoms with E-state index in [0.717, 1.165) is 52.5 Å². The summed E-state index contributed by atoms with van der Waals surface area (Å²) in [5.74, 6) is 7.64. The van der Waals surface area contributed by atoms with E-state index in [1.165, 1.54) is 32.1 Å². The Morgan fingerprint density at radius 1 is 0.743 bits per heavy atom. The zero-order valence-electron chi connectivity index (χ0n) is 24.6. The van der Waals surface area contributed by atoms with Gasteiger partial charge in [0.2, 0.25) is 0 Å². The van der Waals surface area contributed by atoms with E-state index < -0.39 is 28.9 Å². The van der Waals surface area contributed by atoms with E-state index in [2.05, 4.69) is 33.9 Å². The van der Waals surface area contributed by atoms with Crippen molar-refractivity contribution in [1.29, 1.82) is 0 Å². The number of rotatable bonds is 8. The van der Waals surface area contributed by atoms with Crippen LogP contribution in [0.3, 0.4) is 0 Å². The molecule has 0 aromatic rings. The van der Waals surface area contributed by atoms with Gasteiger partial charge < -0.3 is 14.9 Å². The van der Waals surface area contributed by atoms with Crippen LogP contribution in [0.5, 0.6) is 0 Å². The summed E-state index contributed by atoms with van der Waals surface area (Å²) in [6.45, 7) is 13.3. The van der Waals surface area contributed by atoms with Crippen molar-refractivity contribution >= 4 is 25.1 Å². The molecule has 4 aliphatic rings. The van der Waals surface area contributed by atoms with Crippen molar-refractivity contribution in [2.24, 2.45) is 41.4 Å². The normalized spacial score (nSPS) is 36.1. The van der Waals surface area contributed by atoms with Crippen LogP contribution in [0.15, 0.2) is 0 Å². The van der Waals surface area contributed by atoms with Gasteiger partial charge in [0.05, 0.1) is 8.07 Å². The second kappa shape index (κ2) is 16.7. The van der Waals surface area contributed by atoms with Gasteiger partial charge in [0.25, 0.3) is 0 Å². The molecule has 0 spiro atoms. The van der Waals surface area contributed by atoms with Crippen molar-refractivity contribution in [2.75, 3.05) is 0 Å². The summed E-state index contributed by atoms with van der Waals surface area (Å²) in [5.41, 5.74) is 2.32. The quantitative estimate of drug-likeness (QED) is 0.187. The van der Waals surface area contributed by atoms with Gasteiger partial charge in [0, 0.05) is 0 Å². The molecule has 8 atom stereocenters. The Bertz CT molecular complexity index is 564. The number of fused-ring (bicyclic) bond motifs is 2. The third kappa shape index (κ3) is 8.34. The van der Waals surface area contributed by atoms with Gasteiger partial charge in [0.1, 0.15) is 0 Å². The molecule has 8 unspecified atom stereocenters. The molecule has 0 saturated heterocycles. The van der Waals surface area contributed by atoms with E-state index in [1.54, 1.807) is 64.2 Å². The van der Waals surface area contributed by atoms with Gasteiger partial charge in [-0.2, -0.15) is 0 Å². The maximum absolute atomic E-state index is 4.93. The summed E-state index contributed by atoms with van der Waals surface area (Å²) in [7, 11) is 8.64. The zero-order chi connectivity index (χ0) is 24.0. The fourth-order valence-corrected chi connectivity index (χ4v) is 15.4. The Kier molecular flexibility index (Phi) is 16.6. The number of halogens is 2. The molecule has 0 aromatic heterocycles. The second-order valence-corrected chi connectivity index (χ2v) is 22.1. The van der Waals surface area contributed by atoms with Gasteiger partial charge in [-0.15, -0.1) is 0 Å². The van der Waals surface area contributed by atoms with Gasteiger partial charge in [-0.3, -0.25) is 0 Å². The molecular formula is C31H60Cl2SiZr. The molecule has 0 amide bonds. The van der Waals surface area contributed by atoms with Crippen molar-refractivity contribution in [3.63, 3.8) is 0 Å². The first kappa shape index (κ1) is 34.7. The molecule has 4 aliphatic carbocycles. The minimum absolute atomic E-state index is 0. The van der Waals surface area contributed by atoms with Crippen LogP contribution in [0.1, 0.15) is 117 Å². The van der Waals surface area contributed by atoms with Gasteiger partial charge in [-0.1, -0.05) is 98.1 Å². The molecule has 0 N–H and O–H groups in total. The second-order valence-electron chi connectivity index (χ2n) is 13.2. The molecular weight excluding hydrogens is 563 g/mol. The van der Waals surface area contributed by atoms with Gasteiger partial charge in [-0.05, 0) is 84.6 Å². The summed E-state index contributed by atoms with van der Waals surface area (Å²) in [6, 6.07) is 0. The first-order chi connectivity index (χ1) is 15.9. The Balaban J connectivity index is 0.00000117. The third-order valence-corrected chi connectivity index (χ3v) is 16.4. The van der Waals surface area contributed by atoms with Crippen LogP contribution in [0.2, 0.25) is 24.2 Å². The van der Waals surface area contributed by atoms with Gasteiger partial charge >= 0.3 is 37.9 Å². The average Bonchev–Trinajstić information content (AvgIpc) is 3.34. The molecule has 0 aromatic carbocycles. The van der Waals surface area contributed by atoms with Crippen LogP contribution < -0.4 is 0 Å². The molecule has 0 radical (unpaired) electrons. The standard InChI is InChI=1S/C29H54Si.2CH3.2ClH.Zr/c1-6-12-22(13-7-2)19-23-20-29(27-17-11-9-15-25(23)27)30(4,5)28-18-21(3)24-14-8-10-16-26(24)28;;;;;/h21-29H,6-20H2,1-5H3;2*1H3;2*1H;/q;2*-1;;;+4/p-2. The minimum atomic E-state index is -1.23. The van der Waals surface area contributed by atoms with Crippen LogP contribution in [0.25, 0.3) is 0 Å². The van der Waals surface area contributed by atoms with Crippen LogP contribution in [0, 0.1) is 56.3 Å². The summed E-state index contributed by atoms with van der Waals surface area (Å²) in [6.07, 6.45) is 23.2. The predicted molar refractivity (Wildman–Crippen MR) is 160 cm³/mol. The predicted octanol–water partition coefficient (Wildman–Crippen LogP) is 12.0. The van der Waals surface area contributed by atoms with Gasteiger partial charge in [0.15, 0.2) is 0 Å². The summed E-state index contributed by atoms with van der Waals surface area (Å²) in [4.78, 5) is 0. The van der Waals surface area contributed by atoms with Crippen molar-refractivity contribution in [2.45, 2.75) is 141 Å². The SMILES string of the molecule is CCCC(CCC)CC1CC([Si](C)(C)C2CC(C)C3CCCCC32)C2CCCCC12.[CH3-].[CH3-].[Cl][Zr+2][Cl]. The molecule has 4 rings (SSSR count). The monoisotopic (exact) mass is 620 g/mol. The summed E-state index contributed by atoms with van der Waals surface area (Å²) >= 11 is -0.826. The summed E-state index contributed by atoms with van der Waals surface area (Å²) < 4.78 is 0. The van der Waals surface area contributed by atoms with E-state index >= 15 is 0 Å². The van der Waals surface area contributed by atoms with E-state index in [4.69, 9.17) is 17.0 Å². The van der Waals surface area contributed by atoms with E-state index in [0.29, 0.717) is 0 Å². The maximum atomic E-state index is 4.93. The van der Waals surface area contributed by atoms with Crippen LogP contribution in [-0.4, -0.2) is 8.07 Å². The average molecular weight is 623 g/mol. The first-order valence-electron chi connectivity index (χ1n) is 14.8. The Labute approximate surface area is 241 Å². The molecule has 0 bridgehead atoms. The van der Waals surface area contributed by atoms with Crippen LogP contribution >= 0.6 is 17.0 Å². The molecule has 0 aliphatic heterocycles. The first-order valence-corrected chi connectivity index (χ1v) is 24.3. The van der Waals surface area contributed by atoms with Crippen molar-refractivity contribution in [3.8, 4) is 0 Å². The molecule has 4 saturated carbocycles. The topological polar surface area (TPSA) is 0 Å². The molecule has 0 nitrogen and oxygen atoms in total. The van der Waals surface area contributed by atoms with Crippen LogP contribution in [0.4, 0.5) is 0 Å². The third-order valence-electron chi connectivity index (χ3n) is 11.2. The number of hydrogen-bond donors (Lipinski definition) is 0. The van der Waals surface area contributed by atoms with E-state index in [9.17, 15) is 0 Å². The van der Waals surface area contributed by atoms with E-state index in [-0.39, 0.29) is 14.9 Å². The van der Waals surface area contributed by atoms with Crippen molar-refractivity contribution < 1.29 is 20.8 Å². The zero-order valence-corrected chi connectivity index (χ0v) is 29.5. The fraction of sp³-hybridized carbons (Fsp3) is 0.935. The molecule has 4 heteroatoms. The Hall–Kier alpha value is 1.68. The van der Waals surface area contributed by atoms with Crippen LogP contribution in [-0.2, 0) is 20.8 Å². The molecule has 206 valence electrons. The molecule has 0 heterocycles. The fourth-order valence-electron chi connectivity index (χ4n) is 9.97.